The SMILES string of the molecule is CN1CN(C2CCN(Cc3ccccc3)CC2)C=C1c1ccc(OCc2ccccc2)cc1. The van der Waals surface area contributed by atoms with Gasteiger partial charge in [0.25, 0.3) is 0 Å². The smallest absolute Gasteiger partial charge is 0.119 e. The minimum atomic E-state index is 0.597. The summed E-state index contributed by atoms with van der Waals surface area (Å²) in [6, 6.07) is 30.3. The fourth-order valence-electron chi connectivity index (χ4n) is 4.85. The molecule has 170 valence electrons. The lowest BCUT2D eigenvalue weighted by molar-refractivity contribution is 0.126. The Morgan fingerprint density at radius 1 is 0.788 bits per heavy atom. The van der Waals surface area contributed by atoms with Crippen LogP contribution in [0.4, 0.5) is 0 Å². The van der Waals surface area contributed by atoms with Crippen molar-refractivity contribution in [2.75, 3.05) is 26.8 Å². The van der Waals surface area contributed by atoms with Gasteiger partial charge >= 0.3 is 0 Å². The van der Waals surface area contributed by atoms with Gasteiger partial charge in [-0.05, 0) is 53.8 Å². The topological polar surface area (TPSA) is 19.0 Å². The van der Waals surface area contributed by atoms with Crippen LogP contribution in [0.5, 0.6) is 5.75 Å². The average Bonchev–Trinajstić information content (AvgIpc) is 3.26. The second-order valence-electron chi connectivity index (χ2n) is 9.16. The maximum atomic E-state index is 5.96. The Morgan fingerprint density at radius 2 is 1.42 bits per heavy atom. The summed E-state index contributed by atoms with van der Waals surface area (Å²) in [6.07, 6.45) is 4.80. The monoisotopic (exact) mass is 439 g/mol. The number of hydrogen-bond donors (Lipinski definition) is 0. The average molecular weight is 440 g/mol. The highest BCUT2D eigenvalue weighted by atomic mass is 16.5. The van der Waals surface area contributed by atoms with Gasteiger partial charge < -0.3 is 14.5 Å². The van der Waals surface area contributed by atoms with Crippen LogP contribution < -0.4 is 4.74 Å². The van der Waals surface area contributed by atoms with Gasteiger partial charge in [-0.15, -0.1) is 0 Å². The molecule has 0 radical (unpaired) electrons. The van der Waals surface area contributed by atoms with Crippen molar-refractivity contribution in [3.05, 3.63) is 108 Å². The maximum Gasteiger partial charge on any atom is 0.119 e. The van der Waals surface area contributed by atoms with Crippen LogP contribution in [-0.2, 0) is 13.2 Å². The Labute approximate surface area is 197 Å². The molecule has 0 aromatic heterocycles. The first-order valence-electron chi connectivity index (χ1n) is 12.0. The Bertz CT molecular complexity index is 1040. The van der Waals surface area contributed by atoms with Crippen molar-refractivity contribution in [1.82, 2.24) is 14.7 Å². The summed E-state index contributed by atoms with van der Waals surface area (Å²) < 4.78 is 5.96. The fraction of sp³-hybridized carbons (Fsp3) is 0.310. The van der Waals surface area contributed by atoms with Crippen molar-refractivity contribution in [2.24, 2.45) is 0 Å². The third-order valence-electron chi connectivity index (χ3n) is 6.75. The molecule has 2 aliphatic heterocycles. The standard InChI is InChI=1S/C29H33N3O/c1-30-23-32(27-16-18-31(19-17-27)20-24-8-4-2-5-9-24)21-29(30)26-12-14-28(15-13-26)33-22-25-10-6-3-7-11-25/h2-15,21,27H,16-20,22-23H2,1H3. The number of benzene rings is 3. The van der Waals surface area contributed by atoms with Crippen molar-refractivity contribution in [2.45, 2.75) is 32.0 Å². The number of nitrogens with zero attached hydrogens (tertiary/aromatic N) is 3. The van der Waals surface area contributed by atoms with Crippen LogP contribution in [0.2, 0.25) is 0 Å². The minimum Gasteiger partial charge on any atom is -0.489 e. The zero-order chi connectivity index (χ0) is 22.5. The molecule has 0 aliphatic carbocycles. The first kappa shape index (κ1) is 21.6. The van der Waals surface area contributed by atoms with Gasteiger partial charge in [0.1, 0.15) is 12.4 Å². The minimum absolute atomic E-state index is 0.597. The first-order valence-corrected chi connectivity index (χ1v) is 12.0. The highest BCUT2D eigenvalue weighted by Crippen LogP contribution is 2.30. The van der Waals surface area contributed by atoms with Crippen molar-refractivity contribution < 1.29 is 4.74 Å². The van der Waals surface area contributed by atoms with Crippen LogP contribution >= 0.6 is 0 Å². The van der Waals surface area contributed by atoms with Crippen molar-refractivity contribution in [3.63, 3.8) is 0 Å². The van der Waals surface area contributed by atoms with Crippen LogP contribution in [0.25, 0.3) is 5.70 Å². The zero-order valence-electron chi connectivity index (χ0n) is 19.4. The van der Waals surface area contributed by atoms with Gasteiger partial charge in [0.15, 0.2) is 0 Å². The molecule has 0 spiro atoms. The second-order valence-corrected chi connectivity index (χ2v) is 9.16. The fourth-order valence-corrected chi connectivity index (χ4v) is 4.85. The molecule has 0 saturated carbocycles. The lowest BCUT2D eigenvalue weighted by Crippen LogP contribution is -2.43. The van der Waals surface area contributed by atoms with Gasteiger partial charge in [-0.1, -0.05) is 60.7 Å². The second kappa shape index (κ2) is 10.1. The van der Waals surface area contributed by atoms with Gasteiger partial charge in [-0.2, -0.15) is 0 Å². The normalized spacial score (nSPS) is 17.3. The molecule has 1 saturated heterocycles. The van der Waals surface area contributed by atoms with E-state index in [1.807, 2.05) is 18.2 Å². The third-order valence-corrected chi connectivity index (χ3v) is 6.75. The van der Waals surface area contributed by atoms with E-state index in [9.17, 15) is 0 Å². The number of ether oxygens (including phenoxy) is 1. The van der Waals surface area contributed by atoms with E-state index in [0.717, 1.165) is 32.1 Å². The van der Waals surface area contributed by atoms with Crippen LogP contribution in [0, 0.1) is 0 Å². The van der Waals surface area contributed by atoms with E-state index in [4.69, 9.17) is 4.74 Å². The van der Waals surface area contributed by atoms with Crippen molar-refractivity contribution in [3.8, 4) is 5.75 Å². The first-order chi connectivity index (χ1) is 16.2. The molecule has 4 nitrogen and oxygen atoms in total. The highest BCUT2D eigenvalue weighted by Gasteiger charge is 2.28. The van der Waals surface area contributed by atoms with Crippen molar-refractivity contribution in [1.29, 1.82) is 0 Å². The van der Waals surface area contributed by atoms with E-state index in [-0.39, 0.29) is 0 Å². The molecular formula is C29H33N3O. The molecule has 33 heavy (non-hydrogen) atoms. The van der Waals surface area contributed by atoms with Crippen LogP contribution in [0.3, 0.4) is 0 Å². The molecule has 4 heteroatoms. The zero-order valence-corrected chi connectivity index (χ0v) is 19.4. The molecule has 2 aliphatic rings. The molecule has 5 rings (SSSR count). The molecule has 2 heterocycles. The van der Waals surface area contributed by atoms with E-state index >= 15 is 0 Å². The molecule has 3 aromatic carbocycles. The van der Waals surface area contributed by atoms with Crippen LogP contribution in [0.15, 0.2) is 91.1 Å². The summed E-state index contributed by atoms with van der Waals surface area (Å²) in [6.45, 7) is 4.95. The number of likely N-dealkylation sites (tertiary alicyclic amines) is 1. The molecule has 3 aromatic rings. The molecule has 0 atom stereocenters. The Hall–Kier alpha value is -3.24. The van der Waals surface area contributed by atoms with E-state index in [1.165, 1.54) is 35.2 Å². The summed E-state index contributed by atoms with van der Waals surface area (Å²) in [7, 11) is 2.19. The lowest BCUT2D eigenvalue weighted by atomic mass is 10.0. The van der Waals surface area contributed by atoms with Gasteiger partial charge in [-0.3, -0.25) is 4.90 Å². The van der Waals surface area contributed by atoms with E-state index in [0.29, 0.717) is 12.6 Å². The maximum absolute atomic E-state index is 5.96. The van der Waals surface area contributed by atoms with E-state index in [1.54, 1.807) is 0 Å². The van der Waals surface area contributed by atoms with E-state index in [2.05, 4.69) is 94.7 Å². The Kier molecular flexibility index (Phi) is 6.63. The molecule has 1 fully saturated rings. The predicted molar refractivity (Wildman–Crippen MR) is 134 cm³/mol. The summed E-state index contributed by atoms with van der Waals surface area (Å²) in [5.74, 6) is 0.909. The summed E-state index contributed by atoms with van der Waals surface area (Å²) in [5.41, 5.74) is 5.13. The van der Waals surface area contributed by atoms with Crippen LogP contribution in [-0.4, -0.2) is 47.5 Å². The van der Waals surface area contributed by atoms with Gasteiger partial charge in [0.05, 0.1) is 12.4 Å². The molecule has 0 bridgehead atoms. The van der Waals surface area contributed by atoms with Gasteiger partial charge in [-0.25, -0.2) is 0 Å². The van der Waals surface area contributed by atoms with Gasteiger partial charge in [0.2, 0.25) is 0 Å². The Balaban J connectivity index is 1.16. The summed E-state index contributed by atoms with van der Waals surface area (Å²) in [5, 5.41) is 0. The van der Waals surface area contributed by atoms with Gasteiger partial charge in [0, 0.05) is 38.9 Å². The highest BCUT2D eigenvalue weighted by molar-refractivity contribution is 5.65. The summed E-state index contributed by atoms with van der Waals surface area (Å²) in [4.78, 5) is 7.48. The third kappa shape index (κ3) is 5.40. The quantitative estimate of drug-likeness (QED) is 0.488. The number of piperidine rings is 1. The summed E-state index contributed by atoms with van der Waals surface area (Å²) >= 11 is 0. The molecule has 0 amide bonds. The largest absolute Gasteiger partial charge is 0.489 e. The lowest BCUT2D eigenvalue weighted by Gasteiger charge is -2.37. The van der Waals surface area contributed by atoms with Crippen molar-refractivity contribution >= 4 is 5.70 Å². The number of rotatable bonds is 7. The molecule has 0 N–H and O–H groups in total. The number of hydrogen-bond acceptors (Lipinski definition) is 4. The van der Waals surface area contributed by atoms with E-state index < -0.39 is 0 Å². The van der Waals surface area contributed by atoms with Crippen LogP contribution in [0.1, 0.15) is 29.5 Å². The molecule has 0 unspecified atom stereocenters. The molecular weight excluding hydrogens is 406 g/mol. The Morgan fingerprint density at radius 3 is 2.09 bits per heavy atom. The predicted octanol–water partition coefficient (Wildman–Crippen LogP) is 5.43.